The zero-order valence-corrected chi connectivity index (χ0v) is 24.0. The second-order valence-electron chi connectivity index (χ2n) is 10.5. The molecule has 0 saturated carbocycles. The van der Waals surface area contributed by atoms with Gasteiger partial charge in [-0.25, -0.2) is 0 Å². The van der Waals surface area contributed by atoms with E-state index in [-0.39, 0.29) is 56.8 Å². The van der Waals surface area contributed by atoms with Gasteiger partial charge in [0.05, 0.1) is 30.7 Å². The molecule has 3 aliphatic heterocycles. The van der Waals surface area contributed by atoms with Gasteiger partial charge < -0.3 is 18.9 Å². The van der Waals surface area contributed by atoms with Gasteiger partial charge in [0.2, 0.25) is 11.8 Å². The first-order valence-electron chi connectivity index (χ1n) is 11.6. The molecule has 4 atom stereocenters. The molecule has 2 saturated heterocycles. The number of carbonyl (C=O) groups excluding carboxylic acids is 5. The molecule has 10 nitrogen and oxygen atoms in total. The Bertz CT molecular complexity index is 906. The lowest BCUT2D eigenvalue weighted by molar-refractivity contribution is -0.171. The molecule has 0 radical (unpaired) electrons. The Morgan fingerprint density at radius 3 is 1.69 bits per heavy atom. The molecular formula is C24H31Br2NO9. The lowest BCUT2D eigenvalue weighted by atomic mass is 9.85. The molecule has 0 unspecified atom stereocenters. The van der Waals surface area contributed by atoms with E-state index in [2.05, 4.69) is 31.9 Å². The summed E-state index contributed by atoms with van der Waals surface area (Å²) in [6.45, 7) is 7.13. The van der Waals surface area contributed by atoms with Crippen LogP contribution in [0.25, 0.3) is 0 Å². The first-order valence-corrected chi connectivity index (χ1v) is 13.2. The third-order valence-corrected chi connectivity index (χ3v) is 6.92. The predicted octanol–water partition coefficient (Wildman–Crippen LogP) is 2.30. The summed E-state index contributed by atoms with van der Waals surface area (Å²) >= 11 is 6.41. The summed E-state index contributed by atoms with van der Waals surface area (Å²) in [6, 6.07) is 0. The minimum absolute atomic E-state index is 0.0851. The molecule has 12 heteroatoms. The SMILES string of the molecule is CC(C)(Br)C(=O)OCC(C)(COC(=O)C(C)(C)Br)C(=O)OCCCN1C(=O)[C@@H]2[C@H](C1=O)[C@@H]1C=C[C@H]2O1. The van der Waals surface area contributed by atoms with E-state index in [0.717, 1.165) is 0 Å². The van der Waals surface area contributed by atoms with Crippen LogP contribution in [0.1, 0.15) is 41.0 Å². The predicted molar refractivity (Wildman–Crippen MR) is 133 cm³/mol. The van der Waals surface area contributed by atoms with Gasteiger partial charge in [-0.1, -0.05) is 44.0 Å². The fraction of sp³-hybridized carbons (Fsp3) is 0.708. The zero-order valence-electron chi connectivity index (χ0n) is 20.9. The summed E-state index contributed by atoms with van der Waals surface area (Å²) in [7, 11) is 0. The Balaban J connectivity index is 1.55. The number of hydrogen-bond donors (Lipinski definition) is 0. The van der Waals surface area contributed by atoms with Crippen LogP contribution in [0, 0.1) is 17.3 Å². The Morgan fingerprint density at radius 1 is 0.833 bits per heavy atom. The average Bonchev–Trinajstić information content (AvgIpc) is 3.46. The molecule has 3 heterocycles. The zero-order chi connectivity index (χ0) is 27.1. The van der Waals surface area contributed by atoms with Crippen molar-refractivity contribution in [1.29, 1.82) is 0 Å². The number of hydrogen-bond acceptors (Lipinski definition) is 9. The van der Waals surface area contributed by atoms with E-state index in [9.17, 15) is 24.0 Å². The molecule has 36 heavy (non-hydrogen) atoms. The number of halogens is 2. The van der Waals surface area contributed by atoms with E-state index in [0.29, 0.717) is 0 Å². The molecule has 2 fully saturated rings. The van der Waals surface area contributed by atoms with Gasteiger partial charge in [-0.15, -0.1) is 0 Å². The van der Waals surface area contributed by atoms with Crippen molar-refractivity contribution in [3.8, 4) is 0 Å². The highest BCUT2D eigenvalue weighted by atomic mass is 79.9. The molecule has 0 aromatic rings. The number of esters is 3. The van der Waals surface area contributed by atoms with Crippen molar-refractivity contribution in [2.24, 2.45) is 17.3 Å². The Kier molecular flexibility index (Phi) is 8.41. The molecule has 0 N–H and O–H groups in total. The highest BCUT2D eigenvalue weighted by molar-refractivity contribution is 9.10. The summed E-state index contributed by atoms with van der Waals surface area (Å²) in [5, 5.41) is 0. The molecule has 0 aromatic heterocycles. The number of likely N-dealkylation sites (tertiary alicyclic amines) is 1. The summed E-state index contributed by atoms with van der Waals surface area (Å²) in [5.74, 6) is -3.46. The van der Waals surface area contributed by atoms with Crippen LogP contribution in [0.5, 0.6) is 0 Å². The summed E-state index contributed by atoms with van der Waals surface area (Å²) in [5.41, 5.74) is -1.47. The fourth-order valence-corrected chi connectivity index (χ4v) is 4.33. The van der Waals surface area contributed by atoms with E-state index in [1.165, 1.54) is 11.8 Å². The number of fused-ring (bicyclic) bond motifs is 5. The van der Waals surface area contributed by atoms with E-state index >= 15 is 0 Å². The van der Waals surface area contributed by atoms with Crippen molar-refractivity contribution in [2.45, 2.75) is 61.9 Å². The van der Waals surface area contributed by atoms with Gasteiger partial charge in [0.15, 0.2) is 0 Å². The van der Waals surface area contributed by atoms with Crippen molar-refractivity contribution in [1.82, 2.24) is 4.90 Å². The normalized spacial score (nSPS) is 25.2. The molecule has 2 bridgehead atoms. The van der Waals surface area contributed by atoms with Crippen LogP contribution in [0.4, 0.5) is 0 Å². The van der Waals surface area contributed by atoms with Gasteiger partial charge >= 0.3 is 17.9 Å². The Morgan fingerprint density at radius 2 is 1.28 bits per heavy atom. The number of rotatable bonds is 11. The van der Waals surface area contributed by atoms with Crippen molar-refractivity contribution in [3.05, 3.63) is 12.2 Å². The van der Waals surface area contributed by atoms with Crippen molar-refractivity contribution in [3.63, 3.8) is 0 Å². The lowest BCUT2D eigenvalue weighted by Gasteiger charge is -2.29. The smallest absolute Gasteiger partial charge is 0.322 e. The molecule has 0 aliphatic carbocycles. The molecule has 3 rings (SSSR count). The maximum Gasteiger partial charge on any atom is 0.322 e. The van der Waals surface area contributed by atoms with Crippen LogP contribution in [0.3, 0.4) is 0 Å². The van der Waals surface area contributed by atoms with Crippen LogP contribution in [-0.2, 0) is 42.9 Å². The third-order valence-electron chi connectivity index (χ3n) is 6.27. The number of nitrogens with zero attached hydrogens (tertiary/aromatic N) is 1. The highest BCUT2D eigenvalue weighted by Crippen LogP contribution is 2.45. The van der Waals surface area contributed by atoms with Crippen LogP contribution in [0.2, 0.25) is 0 Å². The van der Waals surface area contributed by atoms with Gasteiger partial charge in [-0.2, -0.15) is 0 Å². The maximum absolute atomic E-state index is 13.0. The Labute approximate surface area is 226 Å². The molecule has 0 aromatic carbocycles. The average molecular weight is 637 g/mol. The van der Waals surface area contributed by atoms with E-state index in [1.807, 2.05) is 12.2 Å². The number of carbonyl (C=O) groups is 5. The highest BCUT2D eigenvalue weighted by Gasteiger charge is 2.60. The van der Waals surface area contributed by atoms with Crippen molar-refractivity contribution >= 4 is 61.6 Å². The second kappa shape index (κ2) is 10.5. The van der Waals surface area contributed by atoms with Gasteiger partial charge in [0, 0.05) is 6.54 Å². The monoisotopic (exact) mass is 635 g/mol. The molecule has 3 aliphatic rings. The fourth-order valence-electron chi connectivity index (χ4n) is 4.10. The first-order chi connectivity index (χ1) is 16.6. The molecule has 200 valence electrons. The van der Waals surface area contributed by atoms with Crippen LogP contribution in [-0.4, -0.2) is 81.8 Å². The quantitative estimate of drug-likeness (QED) is 0.0839. The third kappa shape index (κ3) is 6.02. The van der Waals surface area contributed by atoms with Gasteiger partial charge in [-0.05, 0) is 41.0 Å². The Hall–Kier alpha value is -1.79. The standard InChI is InChI=1S/C24H31Br2NO9/c1-22(2,25)19(30)34-11-24(5,12-35-20(31)23(3,4)26)21(32)33-10-6-9-27-17(28)15-13-7-8-14(36-13)16(15)18(27)29/h7-8,13-16H,6,9-12H2,1-5H3/t13-,14+,15+,16-. The maximum atomic E-state index is 13.0. The minimum atomic E-state index is -1.47. The van der Waals surface area contributed by atoms with Gasteiger partial charge in [-0.3, -0.25) is 28.9 Å². The second-order valence-corrected chi connectivity index (χ2v) is 14.4. The van der Waals surface area contributed by atoms with E-state index < -0.39 is 43.8 Å². The van der Waals surface area contributed by atoms with Crippen LogP contribution < -0.4 is 0 Å². The van der Waals surface area contributed by atoms with Crippen LogP contribution in [0.15, 0.2) is 12.2 Å². The number of imide groups is 1. The van der Waals surface area contributed by atoms with E-state index in [1.54, 1.807) is 27.7 Å². The lowest BCUT2D eigenvalue weighted by Crippen LogP contribution is -2.43. The summed E-state index contributed by atoms with van der Waals surface area (Å²) < 4.78 is 19.6. The summed E-state index contributed by atoms with van der Waals surface area (Å²) in [6.07, 6.45) is 3.13. The van der Waals surface area contributed by atoms with Gasteiger partial charge in [0.1, 0.15) is 27.3 Å². The number of ether oxygens (including phenoxy) is 4. The van der Waals surface area contributed by atoms with Crippen molar-refractivity contribution < 1.29 is 42.9 Å². The number of amides is 2. The first kappa shape index (κ1) is 28.8. The van der Waals surface area contributed by atoms with E-state index in [4.69, 9.17) is 18.9 Å². The molecule has 2 amide bonds. The number of alkyl halides is 2. The molecular weight excluding hydrogens is 606 g/mol. The van der Waals surface area contributed by atoms with Crippen molar-refractivity contribution in [2.75, 3.05) is 26.4 Å². The largest absolute Gasteiger partial charge is 0.465 e. The van der Waals surface area contributed by atoms with Crippen LogP contribution >= 0.6 is 31.9 Å². The minimum Gasteiger partial charge on any atom is -0.465 e. The molecule has 0 spiro atoms. The summed E-state index contributed by atoms with van der Waals surface area (Å²) in [4.78, 5) is 64.0. The van der Waals surface area contributed by atoms with Gasteiger partial charge in [0.25, 0.3) is 0 Å². The topological polar surface area (TPSA) is 126 Å².